The molecule has 3 N–H and O–H groups in total. The molecule has 8 nitrogen and oxygen atoms in total. The first-order valence-corrected chi connectivity index (χ1v) is 10.9. The number of fused-ring (bicyclic) bond motifs is 1. The Morgan fingerprint density at radius 2 is 1.79 bits per heavy atom. The minimum absolute atomic E-state index is 0.0643. The number of anilines is 2. The highest BCUT2D eigenvalue weighted by molar-refractivity contribution is 7.89. The van der Waals surface area contributed by atoms with Gasteiger partial charge in [-0.25, -0.2) is 18.1 Å². The predicted octanol–water partition coefficient (Wildman–Crippen LogP) is 3.03. The first-order chi connectivity index (χ1) is 13.6. The number of aromatic nitrogens is 1. The minimum atomic E-state index is -3.69. The van der Waals surface area contributed by atoms with Crippen LogP contribution in [-0.4, -0.2) is 32.3 Å². The number of hydrogen-bond acceptors (Lipinski definition) is 6. The van der Waals surface area contributed by atoms with Crippen LogP contribution in [0, 0.1) is 13.8 Å². The fourth-order valence-electron chi connectivity index (χ4n) is 2.78. The third-order valence-electron chi connectivity index (χ3n) is 4.37. The highest BCUT2D eigenvalue weighted by atomic mass is 32.2. The zero-order valence-electron chi connectivity index (χ0n) is 16.3. The van der Waals surface area contributed by atoms with Gasteiger partial charge in [0.05, 0.1) is 15.1 Å². The lowest BCUT2D eigenvalue weighted by molar-refractivity contribution is -0.114. The van der Waals surface area contributed by atoms with Crippen molar-refractivity contribution in [2.75, 3.05) is 17.7 Å². The molecule has 0 aliphatic carbocycles. The molecule has 1 aromatic heterocycles. The lowest BCUT2D eigenvalue weighted by atomic mass is 10.1. The van der Waals surface area contributed by atoms with Crippen LogP contribution in [0.1, 0.15) is 28.4 Å². The van der Waals surface area contributed by atoms with Gasteiger partial charge in [-0.3, -0.25) is 14.9 Å². The fourth-order valence-corrected chi connectivity index (χ4v) is 4.74. The second kappa shape index (κ2) is 7.90. The molecular weight excluding hydrogens is 412 g/mol. The van der Waals surface area contributed by atoms with Crippen LogP contribution in [-0.2, 0) is 14.8 Å². The predicted molar refractivity (Wildman–Crippen MR) is 114 cm³/mol. The summed E-state index contributed by atoms with van der Waals surface area (Å²) in [5.74, 6) is -0.633. The van der Waals surface area contributed by atoms with Gasteiger partial charge >= 0.3 is 0 Å². The van der Waals surface area contributed by atoms with Crippen molar-refractivity contribution >= 4 is 54.2 Å². The van der Waals surface area contributed by atoms with E-state index < -0.39 is 15.9 Å². The topological polar surface area (TPSA) is 117 Å². The van der Waals surface area contributed by atoms with Gasteiger partial charge in [-0.2, -0.15) is 0 Å². The van der Waals surface area contributed by atoms with Gasteiger partial charge in [0, 0.05) is 18.2 Å². The normalized spacial score (nSPS) is 11.4. The molecule has 1 heterocycles. The van der Waals surface area contributed by atoms with E-state index in [1.807, 2.05) is 0 Å². The number of aryl methyl sites for hydroxylation is 1. The maximum absolute atomic E-state index is 12.7. The molecule has 10 heteroatoms. The lowest BCUT2D eigenvalue weighted by Gasteiger charge is -2.12. The number of sulfonamides is 1. The molecular formula is C19H20N4O4S2. The van der Waals surface area contributed by atoms with E-state index in [4.69, 9.17) is 0 Å². The summed E-state index contributed by atoms with van der Waals surface area (Å²) in [7, 11) is -2.37. The van der Waals surface area contributed by atoms with Crippen molar-refractivity contribution < 1.29 is 18.0 Å². The Hall–Kier alpha value is -2.82. The number of carbonyl (C=O) groups is 2. The van der Waals surface area contributed by atoms with Gasteiger partial charge in [-0.05, 0) is 62.4 Å². The van der Waals surface area contributed by atoms with Crippen LogP contribution in [0.5, 0.6) is 0 Å². The average molecular weight is 433 g/mol. The van der Waals surface area contributed by atoms with Gasteiger partial charge in [0.15, 0.2) is 5.13 Å². The van der Waals surface area contributed by atoms with Crippen LogP contribution >= 0.6 is 11.3 Å². The second-order valence-electron chi connectivity index (χ2n) is 6.46. The molecule has 0 spiro atoms. The molecule has 0 atom stereocenters. The van der Waals surface area contributed by atoms with Crippen molar-refractivity contribution in [1.29, 1.82) is 0 Å². The number of thiazole rings is 1. The summed E-state index contributed by atoms with van der Waals surface area (Å²) in [5, 5.41) is 5.79. The monoisotopic (exact) mass is 432 g/mol. The number of amides is 2. The average Bonchev–Trinajstić information content (AvgIpc) is 3.04. The molecule has 0 bridgehead atoms. The van der Waals surface area contributed by atoms with E-state index in [0.29, 0.717) is 27.5 Å². The summed E-state index contributed by atoms with van der Waals surface area (Å²) in [4.78, 5) is 28.4. The molecule has 0 saturated heterocycles. The summed E-state index contributed by atoms with van der Waals surface area (Å²) < 4.78 is 27.6. The molecule has 0 fully saturated rings. The molecule has 3 rings (SSSR count). The van der Waals surface area contributed by atoms with Gasteiger partial charge in [-0.15, -0.1) is 0 Å². The summed E-state index contributed by atoms with van der Waals surface area (Å²) in [6.45, 7) is 4.87. The zero-order valence-corrected chi connectivity index (χ0v) is 17.9. The third kappa shape index (κ3) is 4.44. The van der Waals surface area contributed by atoms with E-state index in [1.165, 1.54) is 31.4 Å². The highest BCUT2D eigenvalue weighted by Gasteiger charge is 2.20. The molecule has 0 radical (unpaired) electrons. The maximum Gasteiger partial charge on any atom is 0.257 e. The van der Waals surface area contributed by atoms with Gasteiger partial charge in [0.2, 0.25) is 15.9 Å². The number of nitrogens with one attached hydrogen (secondary N) is 3. The molecule has 0 aliphatic rings. The second-order valence-corrected chi connectivity index (χ2v) is 9.35. The Bertz CT molecular complexity index is 1230. The fraction of sp³-hybridized carbons (Fsp3) is 0.211. The molecule has 152 valence electrons. The SMILES string of the molecule is CNS(=O)(=O)c1cc(C(=O)Nc2nc3ccc(NC(C)=O)cc3s2)cc(C)c1C. The maximum atomic E-state index is 12.7. The molecule has 0 aliphatic heterocycles. The first kappa shape index (κ1) is 20.9. The summed E-state index contributed by atoms with van der Waals surface area (Å²) in [6, 6.07) is 8.25. The highest BCUT2D eigenvalue weighted by Crippen LogP contribution is 2.29. The molecule has 3 aromatic rings. The van der Waals surface area contributed by atoms with Gasteiger partial charge in [-0.1, -0.05) is 11.3 Å². The van der Waals surface area contributed by atoms with Crippen molar-refractivity contribution in [2.24, 2.45) is 0 Å². The van der Waals surface area contributed by atoms with E-state index in [9.17, 15) is 18.0 Å². The van der Waals surface area contributed by atoms with Gasteiger partial charge < -0.3 is 5.32 Å². The Balaban J connectivity index is 1.91. The third-order valence-corrected chi connectivity index (χ3v) is 6.84. The Labute approximate surface area is 172 Å². The Morgan fingerprint density at radius 3 is 2.45 bits per heavy atom. The summed E-state index contributed by atoms with van der Waals surface area (Å²) in [6.07, 6.45) is 0. The van der Waals surface area contributed by atoms with E-state index in [-0.39, 0.29) is 16.4 Å². The van der Waals surface area contributed by atoms with E-state index in [2.05, 4.69) is 20.3 Å². The van der Waals surface area contributed by atoms with Crippen LogP contribution < -0.4 is 15.4 Å². The van der Waals surface area contributed by atoms with E-state index in [0.717, 1.165) is 4.70 Å². The van der Waals surface area contributed by atoms with Crippen LogP contribution in [0.4, 0.5) is 10.8 Å². The van der Waals surface area contributed by atoms with Gasteiger partial charge in [0.25, 0.3) is 5.91 Å². The Morgan fingerprint density at radius 1 is 1.07 bits per heavy atom. The lowest BCUT2D eigenvalue weighted by Crippen LogP contribution is -2.21. The van der Waals surface area contributed by atoms with Crippen molar-refractivity contribution in [3.05, 3.63) is 47.0 Å². The first-order valence-electron chi connectivity index (χ1n) is 8.65. The molecule has 2 aromatic carbocycles. The van der Waals surface area contributed by atoms with Crippen molar-refractivity contribution in [2.45, 2.75) is 25.7 Å². The molecule has 2 amide bonds. The smallest absolute Gasteiger partial charge is 0.257 e. The number of benzene rings is 2. The van der Waals surface area contributed by atoms with Gasteiger partial charge in [0.1, 0.15) is 0 Å². The zero-order chi connectivity index (χ0) is 21.3. The Kier molecular flexibility index (Phi) is 5.69. The van der Waals surface area contributed by atoms with Crippen LogP contribution in [0.15, 0.2) is 35.2 Å². The van der Waals surface area contributed by atoms with Crippen molar-refractivity contribution in [3.8, 4) is 0 Å². The van der Waals surface area contributed by atoms with Crippen LogP contribution in [0.25, 0.3) is 10.2 Å². The standard InChI is InChI=1S/C19H20N4O4S2/c1-10-7-13(8-17(11(10)2)29(26,27)20-4)18(25)23-19-22-15-6-5-14(21-12(3)24)9-16(15)28-19/h5-9,20H,1-4H3,(H,21,24)(H,22,23,25). The van der Waals surface area contributed by atoms with Crippen molar-refractivity contribution in [3.63, 3.8) is 0 Å². The summed E-state index contributed by atoms with van der Waals surface area (Å²) in [5.41, 5.74) is 2.82. The largest absolute Gasteiger partial charge is 0.326 e. The molecule has 29 heavy (non-hydrogen) atoms. The molecule has 0 saturated carbocycles. The molecule has 0 unspecified atom stereocenters. The number of rotatable bonds is 5. The van der Waals surface area contributed by atoms with Crippen LogP contribution in [0.3, 0.4) is 0 Å². The quantitative estimate of drug-likeness (QED) is 0.573. The van der Waals surface area contributed by atoms with Crippen LogP contribution in [0.2, 0.25) is 0 Å². The minimum Gasteiger partial charge on any atom is -0.326 e. The van der Waals surface area contributed by atoms with Crippen molar-refractivity contribution in [1.82, 2.24) is 9.71 Å². The number of nitrogens with zero attached hydrogens (tertiary/aromatic N) is 1. The van der Waals surface area contributed by atoms with E-state index >= 15 is 0 Å². The summed E-state index contributed by atoms with van der Waals surface area (Å²) >= 11 is 1.26. The number of carbonyl (C=O) groups excluding carboxylic acids is 2. The van der Waals surface area contributed by atoms with E-state index in [1.54, 1.807) is 38.1 Å². The number of hydrogen-bond donors (Lipinski definition) is 3.